The fourth-order valence-electron chi connectivity index (χ4n) is 0. The predicted octanol–water partition coefficient (Wildman–Crippen LogP) is 1.37. The van der Waals surface area contributed by atoms with Gasteiger partial charge in [0.25, 0.3) is 0 Å². The van der Waals surface area contributed by atoms with Gasteiger partial charge in [0, 0.05) is 0 Å². The molecule has 5 heteroatoms. The highest BCUT2D eigenvalue weighted by molar-refractivity contribution is 6.74. The number of hydrogen-bond acceptors (Lipinski definition) is 2. The molecule has 0 atom stereocenters. The van der Waals surface area contributed by atoms with Crippen LogP contribution in [0, 0.1) is 0 Å². The minimum atomic E-state index is -1.72. The summed E-state index contributed by atoms with van der Waals surface area (Å²) in [4.78, 5) is 17.4. The van der Waals surface area contributed by atoms with Crippen molar-refractivity contribution in [2.24, 2.45) is 0 Å². The number of carbonyl (C=O) groups is 2. The number of halogens is 3. The van der Waals surface area contributed by atoms with E-state index in [9.17, 15) is 4.79 Å². The molecular formula is C3H3Cl3O2. The van der Waals surface area contributed by atoms with Crippen LogP contribution < -0.4 is 0 Å². The highest BCUT2D eigenvalue weighted by atomic mass is 35.6. The van der Waals surface area contributed by atoms with Gasteiger partial charge in [0.2, 0.25) is 3.79 Å². The third-order valence-electron chi connectivity index (χ3n) is 0.134. The van der Waals surface area contributed by atoms with E-state index in [4.69, 9.17) is 39.6 Å². The highest BCUT2D eigenvalue weighted by Crippen LogP contribution is 2.21. The van der Waals surface area contributed by atoms with Crippen molar-refractivity contribution in [2.75, 3.05) is 0 Å². The van der Waals surface area contributed by atoms with Crippen molar-refractivity contribution in [1.82, 2.24) is 0 Å². The van der Waals surface area contributed by atoms with Gasteiger partial charge in [0.15, 0.2) is 6.29 Å². The second kappa shape index (κ2) is 5.35. The lowest BCUT2D eigenvalue weighted by Crippen LogP contribution is -2.00. The second-order valence-electron chi connectivity index (χ2n) is 0.659. The van der Waals surface area contributed by atoms with Gasteiger partial charge in [0.1, 0.15) is 6.79 Å². The first-order valence-electron chi connectivity index (χ1n) is 1.38. The van der Waals surface area contributed by atoms with Gasteiger partial charge >= 0.3 is 0 Å². The van der Waals surface area contributed by atoms with E-state index in [1.807, 2.05) is 6.79 Å². The van der Waals surface area contributed by atoms with Gasteiger partial charge in [-0.1, -0.05) is 34.8 Å². The Morgan fingerprint density at radius 1 is 1.25 bits per heavy atom. The second-order valence-corrected chi connectivity index (χ2v) is 3.03. The van der Waals surface area contributed by atoms with Gasteiger partial charge in [-0.3, -0.25) is 4.79 Å². The molecule has 0 amide bonds. The molecule has 48 valence electrons. The molecule has 0 aliphatic heterocycles. The molecule has 0 bridgehead atoms. The summed E-state index contributed by atoms with van der Waals surface area (Å²) >= 11 is 14.6. The Morgan fingerprint density at radius 3 is 1.38 bits per heavy atom. The summed E-state index contributed by atoms with van der Waals surface area (Å²) in [7, 11) is 0. The van der Waals surface area contributed by atoms with E-state index >= 15 is 0 Å². The topological polar surface area (TPSA) is 34.1 Å². The summed E-state index contributed by atoms with van der Waals surface area (Å²) in [5.74, 6) is 0. The van der Waals surface area contributed by atoms with Gasteiger partial charge < -0.3 is 4.79 Å². The van der Waals surface area contributed by atoms with Crippen LogP contribution in [0.3, 0.4) is 0 Å². The van der Waals surface area contributed by atoms with Gasteiger partial charge in [-0.05, 0) is 0 Å². The van der Waals surface area contributed by atoms with Crippen LogP contribution in [0.2, 0.25) is 0 Å². The van der Waals surface area contributed by atoms with Crippen LogP contribution >= 0.6 is 34.8 Å². The van der Waals surface area contributed by atoms with Crippen LogP contribution in [0.1, 0.15) is 0 Å². The quantitative estimate of drug-likeness (QED) is 0.414. The Bertz CT molecular complexity index is 67.4. The Kier molecular flexibility index (Phi) is 7.40. The van der Waals surface area contributed by atoms with Crippen molar-refractivity contribution in [3.8, 4) is 0 Å². The van der Waals surface area contributed by atoms with Gasteiger partial charge in [-0.25, -0.2) is 0 Å². The molecule has 0 heterocycles. The third-order valence-corrected chi connectivity index (χ3v) is 0.401. The van der Waals surface area contributed by atoms with E-state index in [2.05, 4.69) is 0 Å². The Hall–Kier alpha value is 0.210. The molecule has 0 aromatic carbocycles. The number of carbonyl (C=O) groups excluding carboxylic acids is 2. The molecule has 0 fully saturated rings. The van der Waals surface area contributed by atoms with E-state index in [1.54, 1.807) is 0 Å². The van der Waals surface area contributed by atoms with Gasteiger partial charge in [0.05, 0.1) is 0 Å². The first-order valence-corrected chi connectivity index (χ1v) is 2.51. The zero-order valence-electron chi connectivity index (χ0n) is 3.73. The maximum absolute atomic E-state index is 9.43. The summed E-state index contributed by atoms with van der Waals surface area (Å²) in [6.07, 6.45) is 0.234. The van der Waals surface area contributed by atoms with Crippen LogP contribution in [-0.4, -0.2) is 16.9 Å². The summed E-state index contributed by atoms with van der Waals surface area (Å²) in [5, 5.41) is 0. The molecule has 0 saturated carbocycles. The largest absolute Gasteiger partial charge is 0.307 e. The smallest absolute Gasteiger partial charge is 0.245 e. The number of aldehydes is 1. The van der Waals surface area contributed by atoms with E-state index < -0.39 is 3.79 Å². The first kappa shape index (κ1) is 11.1. The minimum absolute atomic E-state index is 0.234. The molecule has 0 radical (unpaired) electrons. The first-order chi connectivity index (χ1) is 3.56. The molecule has 8 heavy (non-hydrogen) atoms. The molecule has 0 aliphatic carbocycles. The molecule has 0 rings (SSSR count). The van der Waals surface area contributed by atoms with E-state index in [0.717, 1.165) is 0 Å². The maximum Gasteiger partial charge on any atom is 0.245 e. The lowest BCUT2D eigenvalue weighted by Gasteiger charge is -1.93. The SMILES string of the molecule is C=O.O=CC(Cl)(Cl)Cl. The average molecular weight is 177 g/mol. The number of alkyl halides is 3. The molecule has 0 N–H and O–H groups in total. The number of rotatable bonds is 0. The van der Waals surface area contributed by atoms with Crippen molar-refractivity contribution in [2.45, 2.75) is 3.79 Å². The van der Waals surface area contributed by atoms with Crippen molar-refractivity contribution in [1.29, 1.82) is 0 Å². The van der Waals surface area contributed by atoms with E-state index in [1.165, 1.54) is 0 Å². The maximum atomic E-state index is 9.43. The van der Waals surface area contributed by atoms with Crippen LogP contribution in [-0.2, 0) is 9.59 Å². The molecule has 0 aromatic heterocycles. The van der Waals surface area contributed by atoms with Crippen molar-refractivity contribution >= 4 is 47.9 Å². The van der Waals surface area contributed by atoms with Crippen molar-refractivity contribution < 1.29 is 9.59 Å². The van der Waals surface area contributed by atoms with Crippen LogP contribution in [0.5, 0.6) is 0 Å². The summed E-state index contributed by atoms with van der Waals surface area (Å²) in [5.41, 5.74) is 0. The molecule has 0 saturated heterocycles. The zero-order chi connectivity index (χ0) is 7.21. The van der Waals surface area contributed by atoms with Gasteiger partial charge in [-0.2, -0.15) is 0 Å². The molecule has 0 aromatic rings. The Labute approximate surface area is 61.7 Å². The van der Waals surface area contributed by atoms with Crippen molar-refractivity contribution in [3.05, 3.63) is 0 Å². The van der Waals surface area contributed by atoms with Crippen molar-refractivity contribution in [3.63, 3.8) is 0 Å². The monoisotopic (exact) mass is 176 g/mol. The summed E-state index contributed by atoms with van der Waals surface area (Å²) in [6, 6.07) is 0. The summed E-state index contributed by atoms with van der Waals surface area (Å²) in [6.45, 7) is 2.00. The van der Waals surface area contributed by atoms with Crippen LogP contribution in [0.15, 0.2) is 0 Å². The fourth-order valence-corrected chi connectivity index (χ4v) is 0. The Balaban J connectivity index is 0. The molecule has 0 aliphatic rings. The van der Waals surface area contributed by atoms with E-state index in [-0.39, 0.29) is 6.29 Å². The summed E-state index contributed by atoms with van der Waals surface area (Å²) < 4.78 is -1.72. The van der Waals surface area contributed by atoms with E-state index in [0.29, 0.717) is 0 Å². The number of hydrogen-bond donors (Lipinski definition) is 0. The van der Waals surface area contributed by atoms with Crippen LogP contribution in [0.4, 0.5) is 0 Å². The minimum Gasteiger partial charge on any atom is -0.307 e. The fraction of sp³-hybridized carbons (Fsp3) is 0.333. The zero-order valence-corrected chi connectivity index (χ0v) is 6.00. The molecule has 2 nitrogen and oxygen atoms in total. The van der Waals surface area contributed by atoms with Gasteiger partial charge in [-0.15, -0.1) is 0 Å². The normalized spacial score (nSPS) is 8.88. The molecule has 0 spiro atoms. The lowest BCUT2D eigenvalue weighted by molar-refractivity contribution is -0.107. The standard InChI is InChI=1S/C2HCl3O.CH2O/c3-2(4,5)1-6;1-2/h1H;1H2. The average Bonchev–Trinajstić information content (AvgIpc) is 1.71. The van der Waals surface area contributed by atoms with Crippen LogP contribution in [0.25, 0.3) is 0 Å². The predicted molar refractivity (Wildman–Crippen MR) is 33.5 cm³/mol. The molecular weight excluding hydrogens is 174 g/mol. The lowest BCUT2D eigenvalue weighted by atomic mass is 10.9. The highest BCUT2D eigenvalue weighted by Gasteiger charge is 2.16. The third kappa shape index (κ3) is 16.4. The Morgan fingerprint density at radius 2 is 1.38 bits per heavy atom. The molecule has 0 unspecified atom stereocenters.